The lowest BCUT2D eigenvalue weighted by Crippen LogP contribution is -3.00. The molecular formula is C27H31Cl2N3O3. The molecule has 35 heavy (non-hydrogen) atoms. The standard InChI is InChI=1S/C27H29N3O3.2ClH/c1-20(28-15-8-16-30-19-29-25-14-6-5-13-24(25)27(30)32)26(31)22-11-7-12-23(17-22)33-18-21-9-3-2-4-10-21;;/h2-7,9-14,17,19-20,26,28,31H,8,15-16,18H2,1H3;2*1H. The van der Waals surface area contributed by atoms with Gasteiger partial charge in [0.05, 0.1) is 13.1 Å². The number of aryl methyl sites for hydroxylation is 1. The lowest BCUT2D eigenvalue weighted by Gasteiger charge is -2.18. The molecule has 4 aromatic rings. The van der Waals surface area contributed by atoms with Crippen molar-refractivity contribution < 1.29 is 45.0 Å². The normalized spacial score (nSPS) is 12.3. The average Bonchev–Trinajstić information content (AvgIpc) is 2.87. The minimum atomic E-state index is -0.609. The molecular weight excluding hydrogens is 485 g/mol. The topological polar surface area (TPSA) is 82.2 Å². The third kappa shape index (κ3) is 7.54. The Morgan fingerprint density at radius 1 is 1.00 bits per heavy atom. The highest BCUT2D eigenvalue weighted by Gasteiger charge is 2.20. The van der Waals surface area contributed by atoms with Crippen molar-refractivity contribution in [3.05, 3.63) is 107 Å². The van der Waals surface area contributed by atoms with E-state index in [0.29, 0.717) is 18.5 Å². The number of hydrogen-bond acceptors (Lipinski definition) is 3. The van der Waals surface area contributed by atoms with Crippen LogP contribution in [0.1, 0.15) is 30.6 Å². The Morgan fingerprint density at radius 3 is 2.54 bits per heavy atom. The first-order valence-corrected chi connectivity index (χ1v) is 11.4. The van der Waals surface area contributed by atoms with Crippen LogP contribution in [0.2, 0.25) is 0 Å². The van der Waals surface area contributed by atoms with Crippen LogP contribution in [0.25, 0.3) is 10.9 Å². The van der Waals surface area contributed by atoms with Crippen molar-refractivity contribution in [2.45, 2.75) is 38.6 Å². The van der Waals surface area contributed by atoms with Gasteiger partial charge >= 0.3 is 5.56 Å². The summed E-state index contributed by atoms with van der Waals surface area (Å²) in [5, 5.41) is 13.6. The van der Waals surface area contributed by atoms with Gasteiger partial charge in [0.1, 0.15) is 35.4 Å². The number of H-pyrrole nitrogens is 1. The second-order valence-electron chi connectivity index (χ2n) is 8.35. The number of hydrogen-bond donors (Lipinski definition) is 2. The molecule has 3 aromatic carbocycles. The summed E-state index contributed by atoms with van der Waals surface area (Å²) in [4.78, 5) is 15.8. The predicted molar refractivity (Wildman–Crippen MR) is 128 cm³/mol. The number of ether oxygens (including phenoxy) is 1. The van der Waals surface area contributed by atoms with Crippen molar-refractivity contribution in [1.29, 1.82) is 0 Å². The van der Waals surface area contributed by atoms with Gasteiger partial charge in [0.15, 0.2) is 0 Å². The van der Waals surface area contributed by atoms with Gasteiger partial charge in [-0.3, -0.25) is 0 Å². The molecule has 0 fully saturated rings. The first kappa shape index (κ1) is 28.3. The first-order valence-electron chi connectivity index (χ1n) is 11.4. The van der Waals surface area contributed by atoms with Crippen LogP contribution in [0.4, 0.5) is 0 Å². The molecule has 0 amide bonds. The molecule has 8 heteroatoms. The van der Waals surface area contributed by atoms with Crippen LogP contribution < -0.4 is 45.4 Å². The van der Waals surface area contributed by atoms with Crippen molar-refractivity contribution in [3.8, 4) is 5.75 Å². The molecule has 0 saturated heterocycles. The second-order valence-corrected chi connectivity index (χ2v) is 8.35. The number of rotatable bonds is 10. The minimum absolute atomic E-state index is 0. The van der Waals surface area contributed by atoms with Gasteiger partial charge < -0.3 is 40.0 Å². The van der Waals surface area contributed by atoms with Gasteiger partial charge in [-0.05, 0) is 42.3 Å². The molecule has 0 saturated carbocycles. The van der Waals surface area contributed by atoms with Crippen LogP contribution in [0.15, 0.2) is 90.0 Å². The van der Waals surface area contributed by atoms with E-state index in [2.05, 4.69) is 10.3 Å². The number of benzene rings is 3. The molecule has 0 aliphatic rings. The summed E-state index contributed by atoms with van der Waals surface area (Å²) in [6, 6.07) is 25.2. The molecule has 1 heterocycles. The van der Waals surface area contributed by atoms with Gasteiger partial charge in [-0.2, -0.15) is 4.57 Å². The molecule has 0 bridgehead atoms. The zero-order chi connectivity index (χ0) is 23.0. The van der Waals surface area contributed by atoms with Gasteiger partial charge in [-0.15, -0.1) is 0 Å². The third-order valence-corrected chi connectivity index (χ3v) is 5.88. The monoisotopic (exact) mass is 515 g/mol. The summed E-state index contributed by atoms with van der Waals surface area (Å²) in [6.07, 6.45) is 1.95. The molecule has 0 aliphatic carbocycles. The zero-order valence-corrected chi connectivity index (χ0v) is 21.1. The summed E-state index contributed by atoms with van der Waals surface area (Å²) < 4.78 is 7.61. The van der Waals surface area contributed by atoms with Gasteiger partial charge in [0.25, 0.3) is 0 Å². The van der Waals surface area contributed by atoms with Crippen molar-refractivity contribution in [2.75, 3.05) is 6.54 Å². The zero-order valence-electron chi connectivity index (χ0n) is 19.6. The van der Waals surface area contributed by atoms with E-state index in [4.69, 9.17) is 4.74 Å². The van der Waals surface area contributed by atoms with E-state index in [1.54, 1.807) is 10.9 Å². The van der Waals surface area contributed by atoms with Gasteiger partial charge in [-0.25, -0.2) is 9.78 Å². The highest BCUT2D eigenvalue weighted by atomic mass is 35.5. The Kier molecular flexibility index (Phi) is 11.2. The molecule has 0 spiro atoms. The Labute approximate surface area is 217 Å². The van der Waals surface area contributed by atoms with E-state index in [9.17, 15) is 9.90 Å². The molecule has 6 nitrogen and oxygen atoms in total. The van der Waals surface area contributed by atoms with Crippen molar-refractivity contribution >= 4 is 10.9 Å². The number of aliphatic hydroxyl groups is 1. The maximum absolute atomic E-state index is 12.6. The fourth-order valence-electron chi connectivity index (χ4n) is 3.93. The third-order valence-electron chi connectivity index (χ3n) is 5.88. The van der Waals surface area contributed by atoms with Crippen molar-refractivity contribution in [1.82, 2.24) is 4.57 Å². The summed E-state index contributed by atoms with van der Waals surface area (Å²) in [6.45, 7) is 3.94. The van der Waals surface area contributed by atoms with E-state index < -0.39 is 6.10 Å². The number of aromatic nitrogens is 2. The quantitative estimate of drug-likeness (QED) is 0.215. The van der Waals surface area contributed by atoms with E-state index in [0.717, 1.165) is 35.4 Å². The lowest BCUT2D eigenvalue weighted by atomic mass is 10.0. The fourth-order valence-corrected chi connectivity index (χ4v) is 3.93. The smallest absolute Gasteiger partial charge is 0.345 e. The van der Waals surface area contributed by atoms with Crippen LogP contribution in [0, 0.1) is 0 Å². The van der Waals surface area contributed by atoms with Crippen LogP contribution in [-0.4, -0.2) is 22.3 Å². The highest BCUT2D eigenvalue weighted by molar-refractivity contribution is 5.73. The van der Waals surface area contributed by atoms with Crippen LogP contribution >= 0.6 is 0 Å². The lowest BCUT2D eigenvalue weighted by molar-refractivity contribution is -0.694. The summed E-state index contributed by atoms with van der Waals surface area (Å²) in [5.74, 6) is 0.745. The van der Waals surface area contributed by atoms with Crippen LogP contribution in [0.5, 0.6) is 5.75 Å². The molecule has 4 N–H and O–H groups in total. The number of aliphatic hydroxyl groups excluding tert-OH is 1. The van der Waals surface area contributed by atoms with E-state index >= 15 is 0 Å². The van der Waals surface area contributed by atoms with Crippen LogP contribution in [0.3, 0.4) is 0 Å². The van der Waals surface area contributed by atoms with E-state index in [1.807, 2.05) is 85.8 Å². The number of halogens is 2. The minimum Gasteiger partial charge on any atom is -1.00 e. The Hall–Kier alpha value is -2.90. The Bertz CT molecular complexity index is 1250. The largest absolute Gasteiger partial charge is 1.00 e. The number of quaternary nitrogens is 1. The molecule has 0 aliphatic heterocycles. The van der Waals surface area contributed by atoms with Crippen LogP contribution in [-0.2, 0) is 13.2 Å². The number of nitrogens with one attached hydrogen (secondary N) is 1. The number of aromatic amines is 1. The van der Waals surface area contributed by atoms with E-state index in [-0.39, 0.29) is 36.4 Å². The average molecular weight is 516 g/mol. The Balaban J connectivity index is 0.00000216. The molecule has 186 valence electrons. The number of fused-ring (bicyclic) bond motifs is 1. The molecule has 2 unspecified atom stereocenters. The molecule has 2 atom stereocenters. The van der Waals surface area contributed by atoms with Gasteiger partial charge in [-0.1, -0.05) is 54.6 Å². The predicted octanol–water partition coefficient (Wildman–Crippen LogP) is -3.52. The van der Waals surface area contributed by atoms with Crippen molar-refractivity contribution in [2.24, 2.45) is 0 Å². The number of nitrogens with zero attached hydrogens (tertiary/aromatic N) is 1. The van der Waals surface area contributed by atoms with Gasteiger partial charge in [0, 0.05) is 6.42 Å². The summed E-state index contributed by atoms with van der Waals surface area (Å²) >= 11 is 0. The second kappa shape index (κ2) is 13.9. The van der Waals surface area contributed by atoms with E-state index in [1.165, 1.54) is 0 Å². The molecule has 1 aromatic heterocycles. The molecule has 0 radical (unpaired) electrons. The SMILES string of the molecule is CC([NH2+]CCCn1c[nH+]c2ccccc2c1=O)C(O)c1cccc(OCc2ccccc2)c1.[Cl-].[Cl-]. The summed E-state index contributed by atoms with van der Waals surface area (Å²) in [7, 11) is 0. The Morgan fingerprint density at radius 2 is 1.74 bits per heavy atom. The maximum atomic E-state index is 12.6. The fraction of sp³-hybridized carbons (Fsp3) is 0.259. The molecule has 4 rings (SSSR count). The first-order chi connectivity index (χ1) is 16.1. The highest BCUT2D eigenvalue weighted by Crippen LogP contribution is 2.21. The number of para-hydroxylation sites is 1. The maximum Gasteiger partial charge on any atom is 0.345 e. The van der Waals surface area contributed by atoms with Crippen molar-refractivity contribution in [3.63, 3.8) is 0 Å². The van der Waals surface area contributed by atoms with Gasteiger partial charge in [0.2, 0.25) is 6.33 Å². The number of nitrogens with two attached hydrogens (primary N) is 1. The summed E-state index contributed by atoms with van der Waals surface area (Å²) in [5.41, 5.74) is 2.81.